The molecule has 0 saturated heterocycles. The molecule has 1 heterocycles. The van der Waals surface area contributed by atoms with Gasteiger partial charge in [0.15, 0.2) is 0 Å². The van der Waals surface area contributed by atoms with Gasteiger partial charge in [-0.1, -0.05) is 18.2 Å². The van der Waals surface area contributed by atoms with E-state index < -0.39 is 0 Å². The Morgan fingerprint density at radius 3 is 3.07 bits per heavy atom. The van der Waals surface area contributed by atoms with Crippen LogP contribution in [0.25, 0.3) is 0 Å². The van der Waals surface area contributed by atoms with Crippen molar-refractivity contribution in [2.75, 3.05) is 7.05 Å². The van der Waals surface area contributed by atoms with Crippen LogP contribution >= 0.6 is 11.8 Å². The Morgan fingerprint density at radius 1 is 1.60 bits per heavy atom. The van der Waals surface area contributed by atoms with Crippen LogP contribution in [0.4, 0.5) is 0 Å². The third-order valence-corrected chi connectivity index (χ3v) is 4.28. The molecule has 0 amide bonds. The number of hydrogen-bond donors (Lipinski definition) is 1. The normalized spacial score (nSPS) is 20.7. The molecule has 0 bridgehead atoms. The first-order valence-electron chi connectivity index (χ1n) is 5.20. The summed E-state index contributed by atoms with van der Waals surface area (Å²) >= 11 is 1.95. The molecule has 15 heavy (non-hydrogen) atoms. The Hall–Kier alpha value is -0.910. The highest BCUT2D eigenvalue weighted by molar-refractivity contribution is 8.00. The Labute approximate surface area is 95.7 Å². The lowest BCUT2D eigenvalue weighted by molar-refractivity contribution is 0.552. The third-order valence-electron chi connectivity index (χ3n) is 2.83. The van der Waals surface area contributed by atoms with Crippen molar-refractivity contribution in [2.45, 2.75) is 29.0 Å². The van der Waals surface area contributed by atoms with Gasteiger partial charge in [0.1, 0.15) is 0 Å². The van der Waals surface area contributed by atoms with Crippen molar-refractivity contribution >= 4 is 11.8 Å². The summed E-state index contributed by atoms with van der Waals surface area (Å²) in [5.74, 6) is 2.75. The molecular formula is C13H15NS. The molecule has 0 saturated carbocycles. The smallest absolute Gasteiger partial charge is 0.0299 e. The van der Waals surface area contributed by atoms with Crippen molar-refractivity contribution in [3.8, 4) is 12.3 Å². The molecule has 1 aliphatic heterocycles. The monoisotopic (exact) mass is 217 g/mol. The second-order valence-electron chi connectivity index (χ2n) is 3.77. The van der Waals surface area contributed by atoms with E-state index in [9.17, 15) is 0 Å². The maximum Gasteiger partial charge on any atom is 0.0299 e. The molecule has 0 spiro atoms. The molecule has 2 unspecified atom stereocenters. The highest BCUT2D eigenvalue weighted by Crippen LogP contribution is 2.38. The predicted molar refractivity (Wildman–Crippen MR) is 66.1 cm³/mol. The summed E-state index contributed by atoms with van der Waals surface area (Å²) in [4.78, 5) is 1.42. The molecule has 0 fully saturated rings. The van der Waals surface area contributed by atoms with E-state index in [-0.39, 0.29) is 0 Å². The molecule has 1 aromatic rings. The lowest BCUT2D eigenvalue weighted by Gasteiger charge is -2.19. The number of benzene rings is 1. The molecule has 2 rings (SSSR count). The number of terminal acetylenes is 1. The second kappa shape index (κ2) is 4.74. The summed E-state index contributed by atoms with van der Waals surface area (Å²) in [6, 6.07) is 9.04. The molecule has 0 radical (unpaired) electrons. The van der Waals surface area contributed by atoms with E-state index >= 15 is 0 Å². The summed E-state index contributed by atoms with van der Waals surface area (Å²) in [6.07, 6.45) is 7.32. The van der Waals surface area contributed by atoms with E-state index in [2.05, 4.69) is 35.5 Å². The van der Waals surface area contributed by atoms with Gasteiger partial charge in [0.2, 0.25) is 0 Å². The van der Waals surface area contributed by atoms with Gasteiger partial charge >= 0.3 is 0 Å². The Morgan fingerprint density at radius 2 is 2.40 bits per heavy atom. The zero-order valence-electron chi connectivity index (χ0n) is 8.86. The average molecular weight is 217 g/mol. The minimum absolute atomic E-state index is 0.424. The van der Waals surface area contributed by atoms with Crippen LogP contribution in [0.1, 0.15) is 12.0 Å². The van der Waals surface area contributed by atoms with Crippen molar-refractivity contribution in [2.24, 2.45) is 0 Å². The first-order valence-corrected chi connectivity index (χ1v) is 6.08. The van der Waals surface area contributed by atoms with Crippen LogP contribution in [0.5, 0.6) is 0 Å². The van der Waals surface area contributed by atoms with E-state index in [0.717, 1.165) is 12.8 Å². The molecule has 2 heteroatoms. The topological polar surface area (TPSA) is 12.0 Å². The van der Waals surface area contributed by atoms with E-state index in [4.69, 9.17) is 6.42 Å². The van der Waals surface area contributed by atoms with Gasteiger partial charge in [-0.05, 0) is 25.1 Å². The quantitative estimate of drug-likeness (QED) is 0.780. The number of rotatable bonds is 3. The number of fused-ring (bicyclic) bond motifs is 1. The lowest BCUT2D eigenvalue weighted by Crippen LogP contribution is -2.35. The highest BCUT2D eigenvalue weighted by atomic mass is 32.2. The maximum absolute atomic E-state index is 5.38. The fraction of sp³-hybridized carbons (Fsp3) is 0.385. The zero-order valence-corrected chi connectivity index (χ0v) is 9.68. The molecule has 0 aliphatic carbocycles. The fourth-order valence-electron chi connectivity index (χ4n) is 1.98. The lowest BCUT2D eigenvalue weighted by atomic mass is 10.0. The number of hydrogen-bond acceptors (Lipinski definition) is 2. The van der Waals surface area contributed by atoms with Crippen molar-refractivity contribution in [1.82, 2.24) is 5.32 Å². The Balaban J connectivity index is 2.09. The number of thioether (sulfide) groups is 1. The first-order chi connectivity index (χ1) is 7.35. The van der Waals surface area contributed by atoms with E-state index in [0.29, 0.717) is 11.3 Å². The predicted octanol–water partition coefficient (Wildman–Crippen LogP) is 2.31. The van der Waals surface area contributed by atoms with E-state index in [1.807, 2.05) is 18.8 Å². The van der Waals surface area contributed by atoms with Crippen LogP contribution in [0, 0.1) is 12.3 Å². The molecule has 1 aliphatic rings. The molecule has 1 nitrogen and oxygen atoms in total. The van der Waals surface area contributed by atoms with Gasteiger partial charge in [0, 0.05) is 22.6 Å². The van der Waals surface area contributed by atoms with Gasteiger partial charge in [-0.3, -0.25) is 0 Å². The van der Waals surface area contributed by atoms with Gasteiger partial charge in [-0.15, -0.1) is 24.1 Å². The largest absolute Gasteiger partial charge is 0.315 e. The van der Waals surface area contributed by atoms with Gasteiger partial charge in [0.05, 0.1) is 0 Å². The minimum Gasteiger partial charge on any atom is -0.315 e. The van der Waals surface area contributed by atoms with Crippen molar-refractivity contribution in [3.63, 3.8) is 0 Å². The van der Waals surface area contributed by atoms with E-state index in [1.54, 1.807) is 0 Å². The highest BCUT2D eigenvalue weighted by Gasteiger charge is 2.27. The minimum atomic E-state index is 0.424. The standard InChI is InChI=1S/C13H15NS/c1-3-6-11(14-2)13-9-10-7-4-5-8-12(10)15-13/h1,4-5,7-8,11,13-14H,6,9H2,2H3. The van der Waals surface area contributed by atoms with Crippen LogP contribution in [0.2, 0.25) is 0 Å². The molecule has 0 aromatic heterocycles. The Bertz CT molecular complexity index is 355. The Kier molecular flexibility index (Phi) is 3.35. The van der Waals surface area contributed by atoms with Gasteiger partial charge < -0.3 is 5.32 Å². The summed E-state index contributed by atoms with van der Waals surface area (Å²) in [5.41, 5.74) is 1.46. The molecular weight excluding hydrogens is 202 g/mol. The maximum atomic E-state index is 5.38. The summed E-state index contributed by atoms with van der Waals surface area (Å²) in [6.45, 7) is 0. The van der Waals surface area contributed by atoms with Crippen molar-refractivity contribution in [1.29, 1.82) is 0 Å². The van der Waals surface area contributed by atoms with Gasteiger partial charge in [-0.25, -0.2) is 0 Å². The van der Waals surface area contributed by atoms with Crippen LogP contribution in [0.3, 0.4) is 0 Å². The van der Waals surface area contributed by atoms with Crippen LogP contribution in [0.15, 0.2) is 29.2 Å². The summed E-state index contributed by atoms with van der Waals surface area (Å²) < 4.78 is 0. The molecule has 2 atom stereocenters. The molecule has 1 N–H and O–H groups in total. The first kappa shape index (κ1) is 10.6. The second-order valence-corrected chi connectivity index (χ2v) is 5.05. The molecule has 78 valence electrons. The SMILES string of the molecule is C#CCC(NC)C1Cc2ccccc2S1. The van der Waals surface area contributed by atoms with Crippen molar-refractivity contribution in [3.05, 3.63) is 29.8 Å². The third kappa shape index (κ3) is 2.19. The van der Waals surface area contributed by atoms with Crippen LogP contribution in [-0.2, 0) is 6.42 Å². The average Bonchev–Trinajstić information content (AvgIpc) is 2.69. The number of nitrogens with one attached hydrogen (secondary N) is 1. The van der Waals surface area contributed by atoms with Crippen LogP contribution in [-0.4, -0.2) is 18.3 Å². The van der Waals surface area contributed by atoms with Crippen LogP contribution < -0.4 is 5.32 Å². The molecule has 1 aromatic carbocycles. The fourth-order valence-corrected chi connectivity index (χ4v) is 3.43. The zero-order chi connectivity index (χ0) is 10.7. The van der Waals surface area contributed by atoms with E-state index in [1.165, 1.54) is 10.5 Å². The van der Waals surface area contributed by atoms with Gasteiger partial charge in [-0.2, -0.15) is 0 Å². The summed E-state index contributed by atoms with van der Waals surface area (Å²) in [7, 11) is 1.99. The van der Waals surface area contributed by atoms with Gasteiger partial charge in [0.25, 0.3) is 0 Å². The summed E-state index contributed by atoms with van der Waals surface area (Å²) in [5, 5.41) is 3.90. The van der Waals surface area contributed by atoms with Crippen molar-refractivity contribution < 1.29 is 0 Å².